The highest BCUT2D eigenvalue weighted by molar-refractivity contribution is 7.08. The first-order valence-electron chi connectivity index (χ1n) is 11.8. The minimum atomic E-state index is -0.855. The van der Waals surface area contributed by atoms with Gasteiger partial charge in [0, 0.05) is 36.4 Å². The Morgan fingerprint density at radius 1 is 1.06 bits per heavy atom. The summed E-state index contributed by atoms with van der Waals surface area (Å²) in [5.41, 5.74) is 5.24. The normalized spacial score (nSPS) is 15.2. The number of hydrogen-bond donors (Lipinski definition) is 2. The number of anilines is 1. The molecule has 3 heterocycles. The van der Waals surface area contributed by atoms with E-state index in [1.165, 1.54) is 53.7 Å². The van der Waals surface area contributed by atoms with Gasteiger partial charge in [0.15, 0.2) is 0 Å². The van der Waals surface area contributed by atoms with Gasteiger partial charge in [-0.15, -0.1) is 0 Å². The van der Waals surface area contributed by atoms with E-state index in [9.17, 15) is 4.79 Å². The summed E-state index contributed by atoms with van der Waals surface area (Å²) >= 11 is 1.39. The molecule has 1 saturated carbocycles. The van der Waals surface area contributed by atoms with E-state index in [0.29, 0.717) is 5.56 Å². The zero-order valence-electron chi connectivity index (χ0n) is 19.0. The first kappa shape index (κ1) is 22.5. The summed E-state index contributed by atoms with van der Waals surface area (Å²) in [5, 5.41) is 16.4. The fourth-order valence-corrected chi connectivity index (χ4v) is 4.83. The number of nitrogens with one attached hydrogen (secondary N) is 1. The maximum absolute atomic E-state index is 10.1. The fourth-order valence-electron chi connectivity index (χ4n) is 4.20. The van der Waals surface area contributed by atoms with Crippen LogP contribution in [0.25, 0.3) is 22.0 Å². The van der Waals surface area contributed by atoms with E-state index in [0.717, 1.165) is 42.4 Å². The van der Waals surface area contributed by atoms with Gasteiger partial charge in [-0.2, -0.15) is 11.3 Å². The number of aromatic nitrogens is 2. The Kier molecular flexibility index (Phi) is 6.83. The molecule has 0 atom stereocenters. The lowest BCUT2D eigenvalue weighted by Crippen LogP contribution is -2.19. The van der Waals surface area contributed by atoms with Crippen molar-refractivity contribution in [2.24, 2.45) is 0 Å². The second-order valence-electron chi connectivity index (χ2n) is 8.80. The van der Waals surface area contributed by atoms with Crippen LogP contribution >= 0.6 is 11.3 Å². The van der Waals surface area contributed by atoms with Gasteiger partial charge in [-0.3, -0.25) is 0 Å². The van der Waals surface area contributed by atoms with Crippen molar-refractivity contribution in [3.8, 4) is 11.1 Å². The summed E-state index contributed by atoms with van der Waals surface area (Å²) in [5.74, 6) is 0.229. The number of carbonyl (C=O) groups is 1. The molecule has 4 aromatic rings. The second-order valence-corrected chi connectivity index (χ2v) is 9.58. The molecule has 1 aliphatic heterocycles. The molecule has 6 rings (SSSR count). The van der Waals surface area contributed by atoms with E-state index in [2.05, 4.69) is 62.6 Å². The maximum atomic E-state index is 10.1. The van der Waals surface area contributed by atoms with Crippen LogP contribution in [0, 0.1) is 0 Å². The van der Waals surface area contributed by atoms with Crippen molar-refractivity contribution in [2.45, 2.75) is 38.3 Å². The van der Waals surface area contributed by atoms with Crippen molar-refractivity contribution in [3.05, 3.63) is 76.7 Å². The Bertz CT molecular complexity index is 1260. The number of carboxylic acid groups (broad SMARTS) is 1. The molecule has 7 heteroatoms. The molecule has 6 nitrogen and oxygen atoms in total. The lowest BCUT2D eigenvalue weighted by Gasteiger charge is -2.18. The van der Waals surface area contributed by atoms with Gasteiger partial charge in [0.05, 0.1) is 11.1 Å². The lowest BCUT2D eigenvalue weighted by atomic mass is 10.0. The van der Waals surface area contributed by atoms with Crippen LogP contribution in [0.5, 0.6) is 0 Å². The Morgan fingerprint density at radius 2 is 1.88 bits per heavy atom. The number of carboxylic acids is 1. The van der Waals surface area contributed by atoms with Gasteiger partial charge in [-0.25, -0.2) is 14.8 Å². The van der Waals surface area contributed by atoms with Gasteiger partial charge >= 0.3 is 5.97 Å². The van der Waals surface area contributed by atoms with E-state index in [1.54, 1.807) is 23.2 Å². The molecule has 0 spiro atoms. The molecule has 174 valence electrons. The summed E-state index contributed by atoms with van der Waals surface area (Å²) in [6, 6.07) is 17.7. The molecule has 2 aromatic heterocycles. The molecule has 2 aliphatic rings. The molecule has 0 amide bonds. The molecule has 2 aromatic carbocycles. The van der Waals surface area contributed by atoms with Gasteiger partial charge in [-0.05, 0) is 72.0 Å². The van der Waals surface area contributed by atoms with Crippen molar-refractivity contribution in [1.82, 2.24) is 15.3 Å². The quantitative estimate of drug-likeness (QED) is 0.381. The van der Waals surface area contributed by atoms with Crippen LogP contribution in [0.3, 0.4) is 0 Å². The summed E-state index contributed by atoms with van der Waals surface area (Å²) in [7, 11) is 0. The summed E-state index contributed by atoms with van der Waals surface area (Å²) in [6.07, 6.45) is 6.84. The van der Waals surface area contributed by atoms with Crippen molar-refractivity contribution in [3.63, 3.8) is 0 Å². The third-order valence-electron chi connectivity index (χ3n) is 6.22. The van der Waals surface area contributed by atoms with E-state index < -0.39 is 5.97 Å². The van der Waals surface area contributed by atoms with Crippen molar-refractivity contribution >= 4 is 34.0 Å². The van der Waals surface area contributed by atoms with E-state index in [-0.39, 0.29) is 0 Å². The fraction of sp³-hybridized carbons (Fsp3) is 0.296. The lowest BCUT2D eigenvalue weighted by molar-refractivity contribution is 0.0697. The predicted molar refractivity (Wildman–Crippen MR) is 138 cm³/mol. The van der Waals surface area contributed by atoms with Gasteiger partial charge in [0.25, 0.3) is 0 Å². The number of fused-ring (bicyclic) bond motifs is 1. The SMILES string of the molecule is O=C(O)c1ccsc1.c1cc(CNC2CC2)cc(-c2ccc3ncnc(N4CCCC4)c3c2)c1. The van der Waals surface area contributed by atoms with Crippen molar-refractivity contribution in [1.29, 1.82) is 0 Å². The van der Waals surface area contributed by atoms with Gasteiger partial charge in [0.1, 0.15) is 12.1 Å². The highest BCUT2D eigenvalue weighted by Crippen LogP contribution is 2.30. The predicted octanol–water partition coefficient (Wildman–Crippen LogP) is 5.60. The molecule has 0 unspecified atom stereocenters. The maximum Gasteiger partial charge on any atom is 0.336 e. The summed E-state index contributed by atoms with van der Waals surface area (Å²) in [6.45, 7) is 3.14. The number of rotatable bonds is 6. The van der Waals surface area contributed by atoms with Crippen molar-refractivity contribution < 1.29 is 9.90 Å². The largest absolute Gasteiger partial charge is 0.478 e. The van der Waals surface area contributed by atoms with Gasteiger partial charge in [-0.1, -0.05) is 24.3 Å². The molecule has 2 N–H and O–H groups in total. The highest BCUT2D eigenvalue weighted by atomic mass is 32.1. The standard InChI is InChI=1S/C22H24N4.C5H4O2S/c1-2-11-26(10-1)22-20-13-18(6-9-21(20)24-15-25-22)17-5-3-4-16(12-17)14-23-19-7-8-19;6-5(7)4-1-2-8-3-4/h3-6,9,12-13,15,19,23H,1-2,7-8,10-11,14H2;1-3H,(H,6,7). The van der Waals surface area contributed by atoms with Crippen LogP contribution in [-0.4, -0.2) is 40.2 Å². The van der Waals surface area contributed by atoms with Crippen LogP contribution in [-0.2, 0) is 6.54 Å². The molecule has 34 heavy (non-hydrogen) atoms. The molecule has 2 fully saturated rings. The number of hydrogen-bond acceptors (Lipinski definition) is 6. The molecule has 0 radical (unpaired) electrons. The van der Waals surface area contributed by atoms with Crippen LogP contribution in [0.1, 0.15) is 41.6 Å². The monoisotopic (exact) mass is 472 g/mol. The Morgan fingerprint density at radius 3 is 2.59 bits per heavy atom. The molecule has 1 aliphatic carbocycles. The molecular weight excluding hydrogens is 444 g/mol. The highest BCUT2D eigenvalue weighted by Gasteiger charge is 2.20. The summed E-state index contributed by atoms with van der Waals surface area (Å²) in [4.78, 5) is 21.5. The zero-order chi connectivity index (χ0) is 23.3. The van der Waals surface area contributed by atoms with Gasteiger partial charge < -0.3 is 15.3 Å². The van der Waals surface area contributed by atoms with Crippen LogP contribution in [0.15, 0.2) is 65.6 Å². The zero-order valence-corrected chi connectivity index (χ0v) is 19.8. The molecule has 0 bridgehead atoms. The molecule has 1 saturated heterocycles. The van der Waals surface area contributed by atoms with Crippen LogP contribution < -0.4 is 10.2 Å². The average molecular weight is 473 g/mol. The third kappa shape index (κ3) is 5.43. The summed E-state index contributed by atoms with van der Waals surface area (Å²) < 4.78 is 0. The number of aromatic carboxylic acids is 1. The minimum absolute atomic E-state index is 0.370. The number of benzene rings is 2. The minimum Gasteiger partial charge on any atom is -0.478 e. The van der Waals surface area contributed by atoms with E-state index in [1.807, 2.05) is 0 Å². The van der Waals surface area contributed by atoms with E-state index >= 15 is 0 Å². The second kappa shape index (κ2) is 10.3. The Balaban J connectivity index is 0.000000257. The van der Waals surface area contributed by atoms with Crippen molar-refractivity contribution in [2.75, 3.05) is 18.0 Å². The first-order chi connectivity index (χ1) is 16.7. The average Bonchev–Trinajstić information content (AvgIpc) is 3.28. The number of nitrogens with zero attached hydrogens (tertiary/aromatic N) is 3. The van der Waals surface area contributed by atoms with Crippen LogP contribution in [0.2, 0.25) is 0 Å². The smallest absolute Gasteiger partial charge is 0.336 e. The topological polar surface area (TPSA) is 78.3 Å². The van der Waals surface area contributed by atoms with Gasteiger partial charge in [0.2, 0.25) is 0 Å². The third-order valence-corrected chi connectivity index (χ3v) is 6.90. The van der Waals surface area contributed by atoms with E-state index in [4.69, 9.17) is 5.11 Å². The number of thiophene rings is 1. The first-order valence-corrected chi connectivity index (χ1v) is 12.7. The molecular formula is C27H28N4O2S. The Hall–Kier alpha value is -3.29. The van der Waals surface area contributed by atoms with Crippen LogP contribution in [0.4, 0.5) is 5.82 Å². The Labute approximate surface area is 203 Å².